The average Bonchev–Trinajstić information content (AvgIpc) is 3.27. The molecule has 0 atom stereocenters. The first-order chi connectivity index (χ1) is 15.7. The number of hydrogen-bond donors (Lipinski definition) is 0. The molecule has 0 bridgehead atoms. The first-order valence-electron chi connectivity index (χ1n) is 9.89. The van der Waals surface area contributed by atoms with Crippen LogP contribution in [-0.4, -0.2) is 0 Å². The Morgan fingerprint density at radius 3 is 1.34 bits per heavy atom. The Kier molecular flexibility index (Phi) is 6.19. The molecule has 156 valence electrons. The molecule has 2 aromatic heterocycles. The van der Waals surface area contributed by atoms with Crippen LogP contribution in [0, 0.1) is 5.77 Å². The summed E-state index contributed by atoms with van der Waals surface area (Å²) in [5, 5.41) is 5.38. The van der Waals surface area contributed by atoms with Gasteiger partial charge in [-0.3, -0.25) is 0 Å². The van der Waals surface area contributed by atoms with Crippen molar-refractivity contribution in [1.82, 2.24) is 0 Å². The smallest absolute Gasteiger partial charge is 0.0805 e. The molecule has 0 saturated heterocycles. The molecular weight excluding hydrogens is 694 g/mol. The maximum absolute atomic E-state index is 2.50. The van der Waals surface area contributed by atoms with Gasteiger partial charge in [-0.05, 0) is 104 Å². The van der Waals surface area contributed by atoms with Gasteiger partial charge >= 0.3 is 0 Å². The number of rotatable bonds is 4. The van der Waals surface area contributed by atoms with Crippen molar-refractivity contribution in [2.75, 3.05) is 0 Å². The van der Waals surface area contributed by atoms with Crippen LogP contribution in [0.25, 0.3) is 30.9 Å². The van der Waals surface area contributed by atoms with Gasteiger partial charge in [0.2, 0.25) is 0 Å². The van der Waals surface area contributed by atoms with Crippen molar-refractivity contribution in [2.45, 2.75) is 19.6 Å². The first-order valence-corrected chi connectivity index (χ1v) is 15.3. The maximum Gasteiger partial charge on any atom is 0.0805 e. The zero-order valence-corrected chi connectivity index (χ0v) is 24.1. The highest BCUT2D eigenvalue weighted by atomic mass is 127. The van der Waals surface area contributed by atoms with E-state index in [4.69, 9.17) is 0 Å². The van der Waals surface area contributed by atoms with Gasteiger partial charge in [0.25, 0.3) is 0 Å². The maximum atomic E-state index is 2.50. The van der Waals surface area contributed by atoms with Crippen LogP contribution in [0.5, 0.6) is 0 Å². The number of hydrogen-bond acceptors (Lipinski definition) is 4. The lowest BCUT2D eigenvalue weighted by molar-refractivity contribution is 1.44. The molecule has 6 heteroatoms. The van der Waals surface area contributed by atoms with Crippen molar-refractivity contribution in [3.05, 3.63) is 90.7 Å². The van der Waals surface area contributed by atoms with Crippen LogP contribution in [0.1, 0.15) is 0 Å². The molecule has 0 radical (unpaired) electrons. The molecule has 0 aliphatic heterocycles. The number of halogens is 2. The van der Waals surface area contributed by atoms with Crippen LogP contribution in [0.2, 0.25) is 0 Å². The van der Waals surface area contributed by atoms with Crippen LogP contribution in [-0.2, 0) is 0 Å². The zero-order chi connectivity index (χ0) is 21.7. The highest BCUT2D eigenvalue weighted by Crippen LogP contribution is 2.46. The van der Waals surface area contributed by atoms with Gasteiger partial charge in [-0.2, -0.15) is 0 Å². The Labute approximate surface area is 230 Å². The molecule has 0 spiro atoms. The second-order valence-corrected chi connectivity index (χ2v) is 15.2. The summed E-state index contributed by atoms with van der Waals surface area (Å²) in [7, 11) is 0. The molecule has 6 rings (SSSR count). The third kappa shape index (κ3) is 4.11. The van der Waals surface area contributed by atoms with E-state index in [0.29, 0.717) is 0 Å². The fourth-order valence-electron chi connectivity index (χ4n) is 3.73. The quantitative estimate of drug-likeness (QED) is 0.167. The Morgan fingerprint density at radius 1 is 0.531 bits per heavy atom. The lowest BCUT2D eigenvalue weighted by Gasteiger charge is -2.05. The van der Waals surface area contributed by atoms with Gasteiger partial charge in [0.1, 0.15) is 0 Å². The molecule has 0 saturated carbocycles. The Hall–Kier alpha value is -0.780. The lowest BCUT2D eigenvalue weighted by Crippen LogP contribution is -1.78. The summed E-state index contributed by atoms with van der Waals surface area (Å²) in [6.07, 6.45) is 0. The lowest BCUT2D eigenvalue weighted by atomic mass is 10.1. The molecule has 0 nitrogen and oxygen atoms in total. The molecule has 32 heavy (non-hydrogen) atoms. The second-order valence-electron chi connectivity index (χ2n) is 7.28. The normalized spacial score (nSPS) is 11.7. The predicted octanol–water partition coefficient (Wildman–Crippen LogP) is 10.8. The van der Waals surface area contributed by atoms with Crippen molar-refractivity contribution in [3.63, 3.8) is 0 Å². The topological polar surface area (TPSA) is 0 Å². The minimum absolute atomic E-state index is 1.29. The Morgan fingerprint density at radius 2 is 0.938 bits per heavy atom. The van der Waals surface area contributed by atoms with Crippen LogP contribution in [0.4, 0.5) is 0 Å². The Balaban J connectivity index is 1.49. The van der Waals surface area contributed by atoms with Gasteiger partial charge in [0, 0.05) is 39.8 Å². The minimum Gasteiger partial charge on any atom is -0.128 e. The van der Waals surface area contributed by atoms with E-state index < -0.39 is 0 Å². The minimum atomic E-state index is 1.29. The highest BCUT2D eigenvalue weighted by molar-refractivity contribution is 14.1. The van der Waals surface area contributed by atoms with Crippen molar-refractivity contribution in [2.24, 2.45) is 0 Å². The fraction of sp³-hybridized carbons (Fsp3) is 0. The van der Waals surface area contributed by atoms with E-state index in [1.807, 2.05) is 46.2 Å². The van der Waals surface area contributed by atoms with Crippen LogP contribution in [0.3, 0.4) is 0 Å². The summed E-state index contributed by atoms with van der Waals surface area (Å²) in [5.74, 6) is 0. The van der Waals surface area contributed by atoms with Crippen molar-refractivity contribution >= 4 is 122 Å². The zero-order valence-electron chi connectivity index (χ0n) is 16.5. The van der Waals surface area contributed by atoms with E-state index in [1.165, 1.54) is 56.3 Å². The first kappa shape index (κ1) is 21.7. The third-order valence-electron chi connectivity index (χ3n) is 5.21. The van der Waals surface area contributed by atoms with Gasteiger partial charge in [0.15, 0.2) is 0 Å². The van der Waals surface area contributed by atoms with Crippen LogP contribution >= 0.6 is 91.4 Å². The number of fused-ring (bicyclic) bond motifs is 3. The van der Waals surface area contributed by atoms with Crippen molar-refractivity contribution in [3.8, 4) is 0 Å². The van der Waals surface area contributed by atoms with E-state index >= 15 is 0 Å². The van der Waals surface area contributed by atoms with Gasteiger partial charge in [-0.15, -0.1) is 22.7 Å². The van der Waals surface area contributed by atoms with E-state index in [1.54, 1.807) is 0 Å². The third-order valence-corrected chi connectivity index (χ3v) is 12.8. The summed E-state index contributed by atoms with van der Waals surface area (Å²) in [6.45, 7) is 0. The summed E-state index contributed by atoms with van der Waals surface area (Å²) >= 11 is 12.5. The second kappa shape index (κ2) is 9.11. The predicted molar refractivity (Wildman–Crippen MR) is 161 cm³/mol. The van der Waals surface area contributed by atoms with E-state index in [-0.39, 0.29) is 0 Å². The molecule has 0 fully saturated rings. The van der Waals surface area contributed by atoms with E-state index in [2.05, 4.69) is 130 Å². The molecule has 2 heterocycles. The van der Waals surface area contributed by atoms with Crippen LogP contribution < -0.4 is 0 Å². The summed E-state index contributed by atoms with van der Waals surface area (Å²) in [5.41, 5.74) is 0. The number of benzene rings is 4. The molecule has 4 aromatic carbocycles. The molecule has 0 unspecified atom stereocenters. The summed E-state index contributed by atoms with van der Waals surface area (Å²) < 4.78 is 5.45. The van der Waals surface area contributed by atoms with E-state index in [0.717, 1.165) is 0 Å². The molecule has 0 N–H and O–H groups in total. The Bertz CT molecular complexity index is 1460. The van der Waals surface area contributed by atoms with E-state index in [9.17, 15) is 0 Å². The van der Waals surface area contributed by atoms with Crippen LogP contribution in [0.15, 0.2) is 105 Å². The number of thiophene rings is 2. The van der Waals surface area contributed by atoms with Gasteiger partial charge in [-0.25, -0.2) is 0 Å². The molecule has 6 aromatic rings. The van der Waals surface area contributed by atoms with Crippen molar-refractivity contribution in [1.29, 1.82) is 0 Å². The standard InChI is InChI=1S/C26H14I2S4/c27-25-23(29-17-7-3-1-4-8-17)19-11-15-14-22-20(12-16(15)13-21(19)31-25)24(26(28)32-22)30-18-9-5-2-6-10-18/h1-14H. The summed E-state index contributed by atoms with van der Waals surface area (Å²) in [6, 6.07) is 30.9. The fourth-order valence-corrected chi connectivity index (χ4v) is 10.5. The van der Waals surface area contributed by atoms with Gasteiger partial charge < -0.3 is 0 Å². The molecule has 0 amide bonds. The SMILES string of the molecule is Ic1sc2cc3cc4c(Sc5ccccc5)c(I)sc4cc3cc2c1Sc1ccccc1. The monoisotopic (exact) mass is 708 g/mol. The highest BCUT2D eigenvalue weighted by Gasteiger charge is 2.16. The average molecular weight is 708 g/mol. The molecular formula is C26H14I2S4. The van der Waals surface area contributed by atoms with Crippen molar-refractivity contribution < 1.29 is 0 Å². The van der Waals surface area contributed by atoms with Gasteiger partial charge in [0.05, 0.1) is 5.77 Å². The molecule has 0 aliphatic rings. The largest absolute Gasteiger partial charge is 0.128 e. The summed E-state index contributed by atoms with van der Waals surface area (Å²) in [4.78, 5) is 5.33. The van der Waals surface area contributed by atoms with Gasteiger partial charge in [-0.1, -0.05) is 59.9 Å². The molecule has 0 aliphatic carbocycles.